The normalized spacial score (nSPS) is 17.6. The summed E-state index contributed by atoms with van der Waals surface area (Å²) in [6.07, 6.45) is 0. The molecule has 2 atom stereocenters. The average molecular weight is 217 g/mol. The van der Waals surface area contributed by atoms with Gasteiger partial charge < -0.3 is 15.6 Å². The van der Waals surface area contributed by atoms with Crippen LogP contribution in [0.5, 0.6) is 0 Å². The fraction of sp³-hybridized carbons (Fsp3) is 1.00. The van der Waals surface area contributed by atoms with Crippen molar-refractivity contribution < 1.29 is 9.84 Å². The molecule has 3 nitrogen and oxygen atoms in total. The lowest BCUT2D eigenvalue weighted by Gasteiger charge is -2.35. The fourth-order valence-electron chi connectivity index (χ4n) is 0.917. The third kappa shape index (κ3) is 4.96. The largest absolute Gasteiger partial charge is 0.396 e. The van der Waals surface area contributed by atoms with E-state index in [-0.39, 0.29) is 23.7 Å². The van der Waals surface area contributed by atoms with Gasteiger partial charge >= 0.3 is 0 Å². The van der Waals surface area contributed by atoms with Crippen molar-refractivity contribution >= 4 is 0 Å². The molecule has 0 aromatic carbocycles. The molecule has 0 bridgehead atoms. The van der Waals surface area contributed by atoms with Gasteiger partial charge in [0.2, 0.25) is 0 Å². The summed E-state index contributed by atoms with van der Waals surface area (Å²) in [5.41, 5.74) is 5.47. The van der Waals surface area contributed by atoms with Gasteiger partial charge in [-0.25, -0.2) is 0 Å². The molecule has 0 radical (unpaired) electrons. The number of nitrogens with two attached hydrogens (primary N) is 1. The third-order valence-electron chi connectivity index (χ3n) is 3.44. The maximum atomic E-state index is 9.09. The average Bonchev–Trinajstić information content (AvgIpc) is 2.11. The molecule has 0 spiro atoms. The van der Waals surface area contributed by atoms with E-state index in [1.165, 1.54) is 0 Å². The minimum absolute atomic E-state index is 0.130. The maximum Gasteiger partial charge on any atom is 0.0673 e. The predicted molar refractivity (Wildman–Crippen MR) is 63.7 cm³/mol. The minimum Gasteiger partial charge on any atom is -0.396 e. The van der Waals surface area contributed by atoms with Crippen molar-refractivity contribution in [2.24, 2.45) is 17.6 Å². The highest BCUT2D eigenvalue weighted by Crippen LogP contribution is 2.23. The summed E-state index contributed by atoms with van der Waals surface area (Å²) in [5, 5.41) is 9.09. The molecule has 0 saturated heterocycles. The number of hydrogen-bond acceptors (Lipinski definition) is 3. The molecule has 3 N–H and O–H groups in total. The Labute approximate surface area is 94.0 Å². The number of ether oxygens (including phenoxy) is 1. The molecule has 0 fully saturated rings. The lowest BCUT2D eigenvalue weighted by atomic mass is 9.89. The van der Waals surface area contributed by atoms with Gasteiger partial charge in [-0.2, -0.15) is 0 Å². The quantitative estimate of drug-likeness (QED) is 0.713. The summed E-state index contributed by atoms with van der Waals surface area (Å²) >= 11 is 0. The van der Waals surface area contributed by atoms with Crippen LogP contribution in [-0.2, 0) is 4.74 Å². The van der Waals surface area contributed by atoms with E-state index in [1.54, 1.807) is 0 Å². The van der Waals surface area contributed by atoms with Crippen LogP contribution in [-0.4, -0.2) is 29.5 Å². The van der Waals surface area contributed by atoms with Crippen molar-refractivity contribution in [3.8, 4) is 0 Å². The van der Waals surface area contributed by atoms with Gasteiger partial charge in [0.25, 0.3) is 0 Å². The molecule has 2 unspecified atom stereocenters. The zero-order valence-electron chi connectivity index (χ0n) is 11.0. The molecule has 0 aliphatic heterocycles. The van der Waals surface area contributed by atoms with Crippen molar-refractivity contribution in [1.82, 2.24) is 0 Å². The van der Waals surface area contributed by atoms with Gasteiger partial charge in [-0.1, -0.05) is 13.8 Å². The molecule has 0 saturated carbocycles. The van der Waals surface area contributed by atoms with E-state index in [4.69, 9.17) is 15.6 Å². The van der Waals surface area contributed by atoms with Crippen LogP contribution in [0.2, 0.25) is 0 Å². The van der Waals surface area contributed by atoms with E-state index in [1.807, 2.05) is 34.6 Å². The van der Waals surface area contributed by atoms with Gasteiger partial charge in [0.05, 0.1) is 12.2 Å². The number of hydrogen-bond donors (Lipinski definition) is 2. The first-order valence-corrected chi connectivity index (χ1v) is 5.65. The second-order valence-electron chi connectivity index (χ2n) is 5.72. The molecule has 0 rings (SSSR count). The molecular weight excluding hydrogens is 190 g/mol. The molecule has 0 aromatic heterocycles. The summed E-state index contributed by atoms with van der Waals surface area (Å²) < 4.78 is 5.83. The van der Waals surface area contributed by atoms with E-state index in [0.717, 1.165) is 0 Å². The third-order valence-corrected chi connectivity index (χ3v) is 3.44. The van der Waals surface area contributed by atoms with Crippen LogP contribution < -0.4 is 5.73 Å². The van der Waals surface area contributed by atoms with E-state index in [0.29, 0.717) is 12.5 Å². The Kier molecular flexibility index (Phi) is 5.24. The standard InChI is InChI=1S/C12H27NO2/c1-9(7-14)12(5,6)15-8-10(2)11(3,4)13/h9-10,14H,7-8,13H2,1-6H3. The van der Waals surface area contributed by atoms with E-state index >= 15 is 0 Å². The highest BCUT2D eigenvalue weighted by molar-refractivity contribution is 4.81. The summed E-state index contributed by atoms with van der Waals surface area (Å²) in [7, 11) is 0. The van der Waals surface area contributed by atoms with Gasteiger partial charge in [0.15, 0.2) is 0 Å². The molecular formula is C12H27NO2. The summed E-state index contributed by atoms with van der Waals surface area (Å²) in [6.45, 7) is 12.9. The summed E-state index contributed by atoms with van der Waals surface area (Å²) in [4.78, 5) is 0. The Morgan fingerprint density at radius 2 is 1.60 bits per heavy atom. The fourth-order valence-corrected chi connectivity index (χ4v) is 0.917. The Morgan fingerprint density at radius 3 is 1.93 bits per heavy atom. The number of rotatable bonds is 6. The van der Waals surface area contributed by atoms with Crippen LogP contribution in [0.1, 0.15) is 41.5 Å². The van der Waals surface area contributed by atoms with Crippen LogP contribution in [0.25, 0.3) is 0 Å². The van der Waals surface area contributed by atoms with Gasteiger partial charge in [-0.3, -0.25) is 0 Å². The van der Waals surface area contributed by atoms with Crippen LogP contribution in [0.4, 0.5) is 0 Å². The molecule has 3 heteroatoms. The van der Waals surface area contributed by atoms with Crippen molar-refractivity contribution in [3.05, 3.63) is 0 Å². The first-order chi connectivity index (χ1) is 6.61. The second kappa shape index (κ2) is 5.28. The zero-order chi connectivity index (χ0) is 12.3. The lowest BCUT2D eigenvalue weighted by Crippen LogP contribution is -2.44. The van der Waals surface area contributed by atoms with Gasteiger partial charge in [-0.05, 0) is 33.6 Å². The topological polar surface area (TPSA) is 55.5 Å². The van der Waals surface area contributed by atoms with E-state index < -0.39 is 0 Å². The Bertz CT molecular complexity index is 185. The van der Waals surface area contributed by atoms with Crippen LogP contribution in [0.15, 0.2) is 0 Å². The Balaban J connectivity index is 4.15. The van der Waals surface area contributed by atoms with E-state index in [2.05, 4.69) is 6.92 Å². The summed E-state index contributed by atoms with van der Waals surface area (Å²) in [6, 6.07) is 0. The molecule has 0 aliphatic carbocycles. The van der Waals surface area contributed by atoms with Crippen molar-refractivity contribution in [2.75, 3.05) is 13.2 Å². The smallest absolute Gasteiger partial charge is 0.0673 e. The minimum atomic E-state index is -0.297. The molecule has 0 aliphatic rings. The zero-order valence-corrected chi connectivity index (χ0v) is 11.0. The summed E-state index contributed by atoms with van der Waals surface area (Å²) in [5.74, 6) is 0.424. The highest BCUT2D eigenvalue weighted by atomic mass is 16.5. The SMILES string of the molecule is CC(COC(C)(C)C(C)CO)C(C)(C)N. The van der Waals surface area contributed by atoms with Crippen LogP contribution >= 0.6 is 0 Å². The Morgan fingerprint density at radius 1 is 1.13 bits per heavy atom. The molecule has 0 aromatic rings. The maximum absolute atomic E-state index is 9.09. The molecule has 92 valence electrons. The first-order valence-electron chi connectivity index (χ1n) is 5.65. The lowest BCUT2D eigenvalue weighted by molar-refractivity contribution is -0.0850. The van der Waals surface area contributed by atoms with Gasteiger partial charge in [0, 0.05) is 18.1 Å². The van der Waals surface area contributed by atoms with Gasteiger partial charge in [0.1, 0.15) is 0 Å². The first kappa shape index (κ1) is 14.9. The van der Waals surface area contributed by atoms with Crippen LogP contribution in [0.3, 0.4) is 0 Å². The predicted octanol–water partition coefficient (Wildman–Crippen LogP) is 1.78. The Hall–Kier alpha value is -0.120. The van der Waals surface area contributed by atoms with Crippen molar-refractivity contribution in [1.29, 1.82) is 0 Å². The second-order valence-corrected chi connectivity index (χ2v) is 5.72. The van der Waals surface area contributed by atoms with Crippen molar-refractivity contribution in [3.63, 3.8) is 0 Å². The molecule has 0 heterocycles. The van der Waals surface area contributed by atoms with E-state index in [9.17, 15) is 0 Å². The highest BCUT2D eigenvalue weighted by Gasteiger charge is 2.29. The number of aliphatic hydroxyl groups is 1. The van der Waals surface area contributed by atoms with Crippen LogP contribution in [0, 0.1) is 11.8 Å². The van der Waals surface area contributed by atoms with Gasteiger partial charge in [-0.15, -0.1) is 0 Å². The number of aliphatic hydroxyl groups excluding tert-OH is 1. The monoisotopic (exact) mass is 217 g/mol. The molecule has 0 amide bonds. The van der Waals surface area contributed by atoms with Crippen molar-refractivity contribution in [2.45, 2.75) is 52.7 Å². The molecule has 15 heavy (non-hydrogen) atoms.